The van der Waals surface area contributed by atoms with Crippen molar-refractivity contribution in [3.05, 3.63) is 29.8 Å². The summed E-state index contributed by atoms with van der Waals surface area (Å²) in [5.74, 6) is -0.583. The number of halogens is 1. The van der Waals surface area contributed by atoms with Crippen molar-refractivity contribution in [3.8, 4) is 0 Å². The maximum Gasteiger partial charge on any atom is 0.269 e. The summed E-state index contributed by atoms with van der Waals surface area (Å²) >= 11 is 3.03. The van der Waals surface area contributed by atoms with Crippen LogP contribution in [0.1, 0.15) is 10.4 Å². The average molecular weight is 320 g/mol. The zero-order chi connectivity index (χ0) is 12.6. The van der Waals surface area contributed by atoms with Crippen LogP contribution in [0.4, 0.5) is 0 Å². The van der Waals surface area contributed by atoms with Crippen LogP contribution < -0.4 is 0 Å². The number of nitrogens with zero attached hydrogens (tertiary/aromatic N) is 1. The third kappa shape index (κ3) is 1.98. The van der Waals surface area contributed by atoms with Crippen molar-refractivity contribution in [1.29, 1.82) is 0 Å². The molecule has 1 atom stereocenters. The van der Waals surface area contributed by atoms with Gasteiger partial charge in [0.25, 0.3) is 15.9 Å². The summed E-state index contributed by atoms with van der Waals surface area (Å²) in [4.78, 5) is 11.9. The Kier molecular flexibility index (Phi) is 3.24. The van der Waals surface area contributed by atoms with Gasteiger partial charge in [-0.25, -0.2) is 12.7 Å². The second-order valence-corrected chi connectivity index (χ2v) is 6.12. The fraction of sp³-hybridized carbons (Fsp3) is 0.300. The van der Waals surface area contributed by atoms with E-state index in [1.54, 1.807) is 12.1 Å². The fourth-order valence-electron chi connectivity index (χ4n) is 1.65. The molecule has 0 radical (unpaired) electrons. The predicted octanol–water partition coefficient (Wildman–Crippen LogP) is 0.587. The molecule has 0 spiro atoms. The predicted molar refractivity (Wildman–Crippen MR) is 64.5 cm³/mol. The number of hydrogen-bond acceptors (Lipinski definition) is 4. The lowest BCUT2D eigenvalue weighted by atomic mass is 10.2. The van der Waals surface area contributed by atoms with Crippen LogP contribution in [0.3, 0.4) is 0 Å². The van der Waals surface area contributed by atoms with Crippen molar-refractivity contribution in [1.82, 2.24) is 4.31 Å². The van der Waals surface area contributed by atoms with Crippen molar-refractivity contribution in [2.24, 2.45) is 0 Å². The number of hydrogen-bond donors (Lipinski definition) is 1. The van der Waals surface area contributed by atoms with Gasteiger partial charge in [-0.2, -0.15) is 0 Å². The van der Waals surface area contributed by atoms with Gasteiger partial charge in [0.2, 0.25) is 0 Å². The summed E-state index contributed by atoms with van der Waals surface area (Å²) in [6.07, 6.45) is -0.914. The molecule has 1 heterocycles. The summed E-state index contributed by atoms with van der Waals surface area (Å²) < 4.78 is 24.8. The first-order valence-electron chi connectivity index (χ1n) is 4.88. The highest BCUT2D eigenvalue weighted by Crippen LogP contribution is 2.29. The number of rotatable bonds is 3. The SMILES string of the molecule is O=C1c2ccccc2S(=O)(=O)N1CC(O)CBr. The lowest BCUT2D eigenvalue weighted by Gasteiger charge is -2.17. The molecule has 7 heteroatoms. The Morgan fingerprint density at radius 2 is 2.00 bits per heavy atom. The highest BCUT2D eigenvalue weighted by molar-refractivity contribution is 9.09. The van der Waals surface area contributed by atoms with Crippen molar-refractivity contribution < 1.29 is 18.3 Å². The van der Waals surface area contributed by atoms with Crippen molar-refractivity contribution >= 4 is 31.9 Å². The van der Waals surface area contributed by atoms with Gasteiger partial charge in [-0.3, -0.25) is 4.79 Å². The number of sulfonamides is 1. The minimum Gasteiger partial charge on any atom is -0.390 e. The Hall–Kier alpha value is -0.920. The normalized spacial score (nSPS) is 19.2. The van der Waals surface area contributed by atoms with E-state index in [-0.39, 0.29) is 22.3 Å². The monoisotopic (exact) mass is 319 g/mol. The van der Waals surface area contributed by atoms with Gasteiger partial charge in [0.15, 0.2) is 0 Å². The van der Waals surface area contributed by atoms with Crippen LogP contribution in [-0.4, -0.2) is 41.7 Å². The third-order valence-corrected chi connectivity index (χ3v) is 5.02. The smallest absolute Gasteiger partial charge is 0.269 e. The second-order valence-electron chi connectivity index (χ2n) is 3.65. The first-order valence-corrected chi connectivity index (χ1v) is 7.44. The van der Waals surface area contributed by atoms with Gasteiger partial charge in [-0.1, -0.05) is 28.1 Å². The molecule has 1 N–H and O–H groups in total. The van der Waals surface area contributed by atoms with Gasteiger partial charge in [-0.15, -0.1) is 0 Å². The van der Waals surface area contributed by atoms with E-state index >= 15 is 0 Å². The molecular formula is C10H10BrNO4S. The Morgan fingerprint density at radius 3 is 2.59 bits per heavy atom. The minimum atomic E-state index is -3.80. The maximum absolute atomic E-state index is 12.0. The van der Waals surface area contributed by atoms with Gasteiger partial charge < -0.3 is 5.11 Å². The van der Waals surface area contributed by atoms with E-state index in [2.05, 4.69) is 15.9 Å². The molecular weight excluding hydrogens is 310 g/mol. The molecule has 0 saturated heterocycles. The quantitative estimate of drug-likeness (QED) is 0.827. The van der Waals surface area contributed by atoms with Crippen LogP contribution in [-0.2, 0) is 10.0 Å². The van der Waals surface area contributed by atoms with Gasteiger partial charge in [0.05, 0.1) is 18.2 Å². The second kappa shape index (κ2) is 4.40. The van der Waals surface area contributed by atoms with E-state index in [1.807, 2.05) is 0 Å². The summed E-state index contributed by atoms with van der Waals surface area (Å²) in [6.45, 7) is -0.235. The highest BCUT2D eigenvalue weighted by Gasteiger charge is 2.41. The molecule has 0 aliphatic carbocycles. The molecule has 0 fully saturated rings. The molecule has 1 aromatic carbocycles. The first kappa shape index (κ1) is 12.5. The molecule has 1 unspecified atom stereocenters. The van der Waals surface area contributed by atoms with E-state index in [0.29, 0.717) is 4.31 Å². The number of carbonyl (C=O) groups excluding carboxylic acids is 1. The molecule has 5 nitrogen and oxygen atoms in total. The summed E-state index contributed by atoms with van der Waals surface area (Å²) in [6, 6.07) is 6.03. The molecule has 92 valence electrons. The first-order chi connectivity index (χ1) is 7.98. The number of aliphatic hydroxyl groups is 1. The number of fused-ring (bicyclic) bond motifs is 1. The molecule has 1 aromatic rings. The number of benzene rings is 1. The van der Waals surface area contributed by atoms with E-state index in [4.69, 9.17) is 0 Å². The van der Waals surface area contributed by atoms with Gasteiger partial charge in [0.1, 0.15) is 4.90 Å². The topological polar surface area (TPSA) is 74.7 Å². The van der Waals surface area contributed by atoms with Gasteiger partial charge >= 0.3 is 0 Å². The van der Waals surface area contributed by atoms with Crippen LogP contribution in [0.2, 0.25) is 0 Å². The number of amides is 1. The highest BCUT2D eigenvalue weighted by atomic mass is 79.9. The van der Waals surface area contributed by atoms with E-state index in [0.717, 1.165) is 0 Å². The van der Waals surface area contributed by atoms with Crippen LogP contribution >= 0.6 is 15.9 Å². The largest absolute Gasteiger partial charge is 0.390 e. The van der Waals surface area contributed by atoms with E-state index in [1.165, 1.54) is 12.1 Å². The van der Waals surface area contributed by atoms with Crippen LogP contribution in [0.5, 0.6) is 0 Å². The molecule has 17 heavy (non-hydrogen) atoms. The van der Waals surface area contributed by atoms with E-state index in [9.17, 15) is 18.3 Å². The molecule has 0 aromatic heterocycles. The van der Waals surface area contributed by atoms with Crippen LogP contribution in [0.15, 0.2) is 29.2 Å². The van der Waals surface area contributed by atoms with E-state index < -0.39 is 22.0 Å². The lowest BCUT2D eigenvalue weighted by molar-refractivity contribution is 0.0813. The Labute approximate surface area is 107 Å². The number of aliphatic hydroxyl groups excluding tert-OH is 1. The molecule has 2 rings (SSSR count). The molecule has 0 saturated carbocycles. The molecule has 1 aliphatic rings. The van der Waals surface area contributed by atoms with Crippen LogP contribution in [0, 0.1) is 0 Å². The lowest BCUT2D eigenvalue weighted by Crippen LogP contribution is -2.37. The van der Waals surface area contributed by atoms with Crippen molar-refractivity contribution in [2.45, 2.75) is 11.0 Å². The van der Waals surface area contributed by atoms with Crippen molar-refractivity contribution in [2.75, 3.05) is 11.9 Å². The summed E-state index contributed by atoms with van der Waals surface area (Å²) in [5, 5.41) is 9.65. The van der Waals surface area contributed by atoms with Gasteiger partial charge in [0, 0.05) is 5.33 Å². The Bertz CT molecular complexity index is 557. The fourth-order valence-corrected chi connectivity index (χ4v) is 3.46. The van der Waals surface area contributed by atoms with Crippen molar-refractivity contribution in [3.63, 3.8) is 0 Å². The number of β-amino-alcohol motifs (C(OH)–C–C–N with tert-alkyl or cyclic N) is 1. The summed E-state index contributed by atoms with van der Waals surface area (Å²) in [5.41, 5.74) is 0.161. The van der Waals surface area contributed by atoms with Crippen LogP contribution in [0.25, 0.3) is 0 Å². The average Bonchev–Trinajstić information content (AvgIpc) is 2.51. The van der Waals surface area contributed by atoms with Gasteiger partial charge in [-0.05, 0) is 12.1 Å². The summed E-state index contributed by atoms with van der Waals surface area (Å²) in [7, 11) is -3.80. The standard InChI is InChI=1S/C10H10BrNO4S/c11-5-7(13)6-12-10(14)8-3-1-2-4-9(8)17(12,15)16/h1-4,7,13H,5-6H2. The number of alkyl halides is 1. The molecule has 1 aliphatic heterocycles. The third-order valence-electron chi connectivity index (χ3n) is 2.47. The molecule has 0 bridgehead atoms. The zero-order valence-electron chi connectivity index (χ0n) is 8.71. The Balaban J connectivity index is 2.44. The zero-order valence-corrected chi connectivity index (χ0v) is 11.1. The number of carbonyl (C=O) groups is 1. The molecule has 1 amide bonds. The maximum atomic E-state index is 12.0. The minimum absolute atomic E-state index is 0.00627. The Morgan fingerprint density at radius 1 is 1.35 bits per heavy atom.